The van der Waals surface area contributed by atoms with Crippen molar-refractivity contribution in [3.63, 3.8) is 0 Å². The van der Waals surface area contributed by atoms with Gasteiger partial charge in [0.05, 0.1) is 12.0 Å². The highest BCUT2D eigenvalue weighted by atomic mass is 79.9. The number of carboxylic acid groups (broad SMARTS) is 2. The Kier molecular flexibility index (Phi) is 6.61. The second-order valence-corrected chi connectivity index (χ2v) is 8.19. The van der Waals surface area contributed by atoms with E-state index in [-0.39, 0.29) is 17.7 Å². The maximum Gasteiger partial charge on any atom is 0.411 e. The summed E-state index contributed by atoms with van der Waals surface area (Å²) in [6.07, 6.45) is 1.42. The van der Waals surface area contributed by atoms with Crippen molar-refractivity contribution in [2.45, 2.75) is 12.5 Å². The van der Waals surface area contributed by atoms with Gasteiger partial charge in [0.2, 0.25) is 5.54 Å². The fourth-order valence-corrected chi connectivity index (χ4v) is 4.60. The number of nitrogens with zero attached hydrogens (tertiary/aromatic N) is 1. The molecule has 0 fully saturated rings. The van der Waals surface area contributed by atoms with Gasteiger partial charge in [0.1, 0.15) is 0 Å². The zero-order valence-electron chi connectivity index (χ0n) is 16.1. The van der Waals surface area contributed by atoms with Crippen LogP contribution >= 0.6 is 31.9 Å². The first-order valence-corrected chi connectivity index (χ1v) is 10.6. The van der Waals surface area contributed by atoms with Gasteiger partial charge in [0, 0.05) is 31.5 Å². The van der Waals surface area contributed by atoms with Crippen LogP contribution in [0.2, 0.25) is 0 Å². The van der Waals surface area contributed by atoms with E-state index in [1.54, 1.807) is 37.3 Å². The Morgan fingerprint density at radius 3 is 2.58 bits per heavy atom. The summed E-state index contributed by atoms with van der Waals surface area (Å²) < 4.78 is 6.07. The second kappa shape index (κ2) is 9.03. The molecule has 8 nitrogen and oxygen atoms in total. The summed E-state index contributed by atoms with van der Waals surface area (Å²) in [4.78, 5) is 40.2. The molecule has 0 aromatic heterocycles. The maximum atomic E-state index is 12.6. The standard InChI is InChI=1S/C21H16Br2N2O6/c1-2-31-20(30)24-13-5-3-4-11(8-13)21(19(28)29)15(6-7-17(26)27)14-9-12(22)10-16(23)18(14)25-21/h3-10H,2H2,1H3,(H,24,30)(H,26,27)(H,28,29). The number of carbonyl (C=O) groups is 3. The van der Waals surface area contributed by atoms with Crippen molar-refractivity contribution in [3.8, 4) is 0 Å². The number of ether oxygens (including phenoxy) is 1. The van der Waals surface area contributed by atoms with Gasteiger partial charge in [-0.1, -0.05) is 28.1 Å². The van der Waals surface area contributed by atoms with Crippen LogP contribution in [0.15, 0.2) is 62.5 Å². The largest absolute Gasteiger partial charge is 0.479 e. The molecule has 0 saturated heterocycles. The highest BCUT2D eigenvalue weighted by molar-refractivity contribution is 9.11. The van der Waals surface area contributed by atoms with Crippen LogP contribution < -0.4 is 15.9 Å². The first kappa shape index (κ1) is 22.7. The minimum Gasteiger partial charge on any atom is -0.479 e. The second-order valence-electron chi connectivity index (χ2n) is 6.42. The Labute approximate surface area is 193 Å². The number of nitrogens with one attached hydrogen (secondary N) is 1. The van der Waals surface area contributed by atoms with Crippen LogP contribution in [-0.2, 0) is 19.9 Å². The van der Waals surface area contributed by atoms with Gasteiger partial charge >= 0.3 is 18.0 Å². The van der Waals surface area contributed by atoms with Crippen molar-refractivity contribution in [2.75, 3.05) is 11.9 Å². The number of hydrogen-bond donors (Lipinski definition) is 3. The van der Waals surface area contributed by atoms with Crippen LogP contribution in [0.25, 0.3) is 5.57 Å². The van der Waals surface area contributed by atoms with Crippen molar-refractivity contribution < 1.29 is 29.3 Å². The molecule has 2 aromatic rings. The number of halogens is 2. The van der Waals surface area contributed by atoms with Crippen molar-refractivity contribution >= 4 is 61.2 Å². The predicted octanol–water partition coefficient (Wildman–Crippen LogP) is 3.18. The lowest BCUT2D eigenvalue weighted by Crippen LogP contribution is -2.34. The number of carbonyl (C=O) groups excluding carboxylic acids is 1. The van der Waals surface area contributed by atoms with Crippen LogP contribution in [0.1, 0.15) is 12.5 Å². The Morgan fingerprint density at radius 1 is 1.19 bits per heavy atom. The van der Waals surface area contributed by atoms with E-state index < -0.39 is 23.6 Å². The minimum absolute atomic E-state index is 0.174. The van der Waals surface area contributed by atoms with Gasteiger partial charge in [0.15, 0.2) is 0 Å². The quantitative estimate of drug-likeness (QED) is 0.473. The molecular formula is C21H16Br2N2O6. The molecule has 0 saturated carbocycles. The number of anilines is 1. The number of benzene rings is 2. The van der Waals surface area contributed by atoms with Gasteiger partial charge in [-0.3, -0.25) is 10.3 Å². The molecule has 1 amide bonds. The summed E-state index contributed by atoms with van der Waals surface area (Å²) in [6.45, 7) is 1.84. The van der Waals surface area contributed by atoms with Crippen LogP contribution in [0, 0.1) is 0 Å². The number of fused-ring (bicyclic) bond motifs is 1. The Morgan fingerprint density at radius 2 is 1.94 bits per heavy atom. The fourth-order valence-electron chi connectivity index (χ4n) is 3.29. The minimum atomic E-state index is -1.93. The third-order valence-corrected chi connectivity index (χ3v) is 5.55. The molecule has 0 bridgehead atoms. The number of amides is 1. The van der Waals surface area contributed by atoms with E-state index in [1.807, 2.05) is 0 Å². The third kappa shape index (κ3) is 4.40. The first-order chi connectivity index (χ1) is 14.7. The zero-order chi connectivity index (χ0) is 22.8. The molecule has 1 atom stereocenters. The van der Waals surface area contributed by atoms with Gasteiger partial charge < -0.3 is 14.9 Å². The van der Waals surface area contributed by atoms with Gasteiger partial charge in [-0.05, 0) is 58.8 Å². The summed E-state index contributed by atoms with van der Waals surface area (Å²) in [5, 5.41) is 22.8. The summed E-state index contributed by atoms with van der Waals surface area (Å²) in [7, 11) is 0. The average Bonchev–Trinajstić information content (AvgIpc) is 3.02. The Bertz CT molecular complexity index is 1240. The third-order valence-electron chi connectivity index (χ3n) is 4.49. The summed E-state index contributed by atoms with van der Waals surface area (Å²) in [6, 6.07) is 9.57. The van der Waals surface area contributed by atoms with E-state index in [2.05, 4.69) is 42.2 Å². The maximum absolute atomic E-state index is 12.6. The van der Waals surface area contributed by atoms with E-state index >= 15 is 0 Å². The molecule has 160 valence electrons. The molecule has 1 heterocycles. The number of rotatable bonds is 6. The zero-order valence-corrected chi connectivity index (χ0v) is 19.2. The molecule has 0 radical (unpaired) electrons. The lowest BCUT2D eigenvalue weighted by molar-refractivity contribution is -0.141. The van der Waals surface area contributed by atoms with Crippen molar-refractivity contribution in [3.05, 3.63) is 73.6 Å². The van der Waals surface area contributed by atoms with E-state index in [0.29, 0.717) is 25.2 Å². The monoisotopic (exact) mass is 550 g/mol. The van der Waals surface area contributed by atoms with Crippen LogP contribution in [-0.4, -0.2) is 34.9 Å². The molecule has 0 spiro atoms. The van der Waals surface area contributed by atoms with E-state index in [0.717, 1.165) is 6.08 Å². The summed E-state index contributed by atoms with van der Waals surface area (Å²) in [5.74, 6) is -2.53. The van der Waals surface area contributed by atoms with Gasteiger partial charge in [-0.25, -0.2) is 14.4 Å². The average molecular weight is 552 g/mol. The van der Waals surface area contributed by atoms with E-state index in [1.165, 1.54) is 12.1 Å². The lowest BCUT2D eigenvalue weighted by atomic mass is 9.82. The van der Waals surface area contributed by atoms with Gasteiger partial charge in [0.25, 0.3) is 0 Å². The number of aliphatic carboxylic acids is 2. The molecule has 1 aliphatic rings. The van der Waals surface area contributed by atoms with E-state index in [4.69, 9.17) is 9.84 Å². The van der Waals surface area contributed by atoms with Crippen LogP contribution in [0.4, 0.5) is 10.5 Å². The van der Waals surface area contributed by atoms with Gasteiger partial charge in [-0.15, -0.1) is 0 Å². The van der Waals surface area contributed by atoms with Crippen LogP contribution in [0.3, 0.4) is 0 Å². The smallest absolute Gasteiger partial charge is 0.411 e. The molecular weight excluding hydrogens is 536 g/mol. The lowest BCUT2D eigenvalue weighted by Gasteiger charge is -2.25. The Hall–Kier alpha value is -2.98. The van der Waals surface area contributed by atoms with Crippen molar-refractivity contribution in [2.24, 2.45) is 4.99 Å². The SMILES string of the molecule is CCOC(=O)Nc1cccc(C2(C(=O)O)N=c3c(Br)cc(Br)cc3=C2C=CC(=O)O)c1. The van der Waals surface area contributed by atoms with E-state index in [9.17, 15) is 19.5 Å². The fraction of sp³-hybridized carbons (Fsp3) is 0.143. The first-order valence-electron chi connectivity index (χ1n) is 8.97. The molecule has 0 aliphatic carbocycles. The van der Waals surface area contributed by atoms with Crippen LogP contribution in [0.5, 0.6) is 0 Å². The number of hydrogen-bond acceptors (Lipinski definition) is 5. The molecule has 10 heteroatoms. The van der Waals surface area contributed by atoms with Gasteiger partial charge in [-0.2, -0.15) is 0 Å². The van der Waals surface area contributed by atoms with Crippen molar-refractivity contribution in [1.29, 1.82) is 0 Å². The molecule has 3 rings (SSSR count). The molecule has 1 aliphatic heterocycles. The highest BCUT2D eigenvalue weighted by Gasteiger charge is 2.46. The summed E-state index contributed by atoms with van der Waals surface area (Å²) >= 11 is 6.77. The predicted molar refractivity (Wildman–Crippen MR) is 119 cm³/mol. The highest BCUT2D eigenvalue weighted by Crippen LogP contribution is 2.38. The normalized spacial score (nSPS) is 17.2. The van der Waals surface area contributed by atoms with Crippen molar-refractivity contribution in [1.82, 2.24) is 0 Å². The number of carboxylic acids is 2. The molecule has 1 unspecified atom stereocenters. The Balaban J connectivity index is 2.30. The summed E-state index contributed by atoms with van der Waals surface area (Å²) in [5.41, 5.74) is -1.21. The molecule has 31 heavy (non-hydrogen) atoms. The molecule has 3 N–H and O–H groups in total. The topological polar surface area (TPSA) is 125 Å². The molecule has 2 aromatic carbocycles.